The van der Waals surface area contributed by atoms with E-state index < -0.39 is 30.5 Å². The number of alkyl halides is 3. The average Bonchev–Trinajstić information content (AvgIpc) is 2.13. The van der Waals surface area contributed by atoms with Crippen LogP contribution in [0.15, 0.2) is 0 Å². The normalized spacial score (nSPS) is 12.7. The molecule has 0 bridgehead atoms. The zero-order valence-corrected chi connectivity index (χ0v) is 11.6. The Morgan fingerprint density at radius 2 is 1.61 bits per heavy atom. The molecule has 0 saturated carbocycles. The summed E-state index contributed by atoms with van der Waals surface area (Å²) >= 11 is 0. The lowest BCUT2D eigenvalue weighted by molar-refractivity contribution is -0.149. The standard InChI is InChI=1S/C12H22F3NO2/c1-6-9(7-2)16(8-12(13,14)15)10(17)18-11(3,4)5/h9H,6-8H2,1-5H3. The van der Waals surface area contributed by atoms with Crippen LogP contribution in [0.1, 0.15) is 47.5 Å². The van der Waals surface area contributed by atoms with E-state index in [2.05, 4.69) is 0 Å². The van der Waals surface area contributed by atoms with Gasteiger partial charge in [0.25, 0.3) is 0 Å². The first kappa shape index (κ1) is 17.1. The molecule has 6 heteroatoms. The van der Waals surface area contributed by atoms with E-state index in [0.717, 1.165) is 4.90 Å². The van der Waals surface area contributed by atoms with E-state index >= 15 is 0 Å². The van der Waals surface area contributed by atoms with Crippen LogP contribution in [0.4, 0.5) is 18.0 Å². The molecule has 0 aromatic carbocycles. The molecule has 0 aromatic heterocycles. The Bertz CT molecular complexity index is 267. The number of carbonyl (C=O) groups excluding carboxylic acids is 1. The number of rotatable bonds is 4. The highest BCUT2D eigenvalue weighted by Gasteiger charge is 2.37. The first-order valence-electron chi connectivity index (χ1n) is 6.06. The Morgan fingerprint density at radius 3 is 1.89 bits per heavy atom. The highest BCUT2D eigenvalue weighted by molar-refractivity contribution is 5.68. The van der Waals surface area contributed by atoms with Crippen molar-refractivity contribution in [1.29, 1.82) is 0 Å². The van der Waals surface area contributed by atoms with Gasteiger partial charge in [-0.15, -0.1) is 0 Å². The van der Waals surface area contributed by atoms with Crippen molar-refractivity contribution in [3.63, 3.8) is 0 Å². The van der Waals surface area contributed by atoms with Gasteiger partial charge in [-0.3, -0.25) is 4.90 Å². The fourth-order valence-corrected chi connectivity index (χ4v) is 1.59. The van der Waals surface area contributed by atoms with Gasteiger partial charge in [-0.1, -0.05) is 13.8 Å². The van der Waals surface area contributed by atoms with Crippen molar-refractivity contribution in [2.45, 2.75) is 65.3 Å². The smallest absolute Gasteiger partial charge is 0.410 e. The third-order valence-electron chi connectivity index (χ3n) is 2.36. The number of hydrogen-bond acceptors (Lipinski definition) is 2. The summed E-state index contributed by atoms with van der Waals surface area (Å²) in [4.78, 5) is 12.6. The summed E-state index contributed by atoms with van der Waals surface area (Å²) in [6.07, 6.45) is -4.40. The first-order valence-corrected chi connectivity index (χ1v) is 6.06. The highest BCUT2D eigenvalue weighted by atomic mass is 19.4. The molecule has 0 aliphatic heterocycles. The SMILES string of the molecule is CCC(CC)N(CC(F)(F)F)C(=O)OC(C)(C)C. The van der Waals surface area contributed by atoms with Gasteiger partial charge in [0.2, 0.25) is 0 Å². The molecular formula is C12H22F3NO2. The van der Waals surface area contributed by atoms with E-state index in [-0.39, 0.29) is 0 Å². The number of amides is 1. The Kier molecular flexibility index (Phi) is 5.96. The molecule has 0 saturated heterocycles. The second-order valence-electron chi connectivity index (χ2n) is 5.19. The minimum atomic E-state index is -4.42. The summed E-state index contributed by atoms with van der Waals surface area (Å²) in [6.45, 7) is 7.12. The van der Waals surface area contributed by atoms with Gasteiger partial charge in [0.05, 0.1) is 0 Å². The number of ether oxygens (including phenoxy) is 1. The minimum absolute atomic E-state index is 0.457. The van der Waals surface area contributed by atoms with E-state index in [9.17, 15) is 18.0 Å². The van der Waals surface area contributed by atoms with Crippen molar-refractivity contribution >= 4 is 6.09 Å². The number of hydrogen-bond donors (Lipinski definition) is 0. The van der Waals surface area contributed by atoms with Crippen molar-refractivity contribution in [3.05, 3.63) is 0 Å². The number of nitrogens with zero attached hydrogens (tertiary/aromatic N) is 1. The van der Waals surface area contributed by atoms with Crippen LogP contribution in [0.25, 0.3) is 0 Å². The lowest BCUT2D eigenvalue weighted by atomic mass is 10.1. The first-order chi connectivity index (χ1) is 8.00. The minimum Gasteiger partial charge on any atom is -0.444 e. The van der Waals surface area contributed by atoms with Crippen LogP contribution < -0.4 is 0 Å². The van der Waals surface area contributed by atoms with Gasteiger partial charge in [0.15, 0.2) is 0 Å². The lowest BCUT2D eigenvalue weighted by Crippen LogP contribution is -2.47. The summed E-state index contributed by atoms with van der Waals surface area (Å²) in [6, 6.07) is -0.457. The fourth-order valence-electron chi connectivity index (χ4n) is 1.59. The van der Waals surface area contributed by atoms with E-state index in [4.69, 9.17) is 4.74 Å². The van der Waals surface area contributed by atoms with Gasteiger partial charge in [-0.25, -0.2) is 4.79 Å². The lowest BCUT2D eigenvalue weighted by Gasteiger charge is -2.33. The summed E-state index contributed by atoms with van der Waals surface area (Å²) < 4.78 is 42.5. The molecule has 3 nitrogen and oxygen atoms in total. The van der Waals surface area contributed by atoms with E-state index in [0.29, 0.717) is 12.8 Å². The third-order valence-corrected chi connectivity index (χ3v) is 2.36. The Labute approximate surface area is 106 Å². The summed E-state index contributed by atoms with van der Waals surface area (Å²) in [5.41, 5.74) is -0.799. The zero-order chi connectivity index (χ0) is 14.6. The summed E-state index contributed by atoms with van der Waals surface area (Å²) in [7, 11) is 0. The van der Waals surface area contributed by atoms with Crippen LogP contribution in [0.2, 0.25) is 0 Å². The van der Waals surface area contributed by atoms with E-state index in [1.54, 1.807) is 34.6 Å². The molecular weight excluding hydrogens is 247 g/mol. The van der Waals surface area contributed by atoms with Gasteiger partial charge in [-0.05, 0) is 33.6 Å². The predicted octanol–water partition coefficient (Wildman–Crippen LogP) is 3.97. The van der Waals surface area contributed by atoms with Crippen molar-refractivity contribution in [3.8, 4) is 0 Å². The largest absolute Gasteiger partial charge is 0.444 e. The van der Waals surface area contributed by atoms with Crippen LogP contribution in [-0.4, -0.2) is 35.4 Å². The zero-order valence-electron chi connectivity index (χ0n) is 11.6. The number of carbonyl (C=O) groups is 1. The highest BCUT2D eigenvalue weighted by Crippen LogP contribution is 2.22. The van der Waals surface area contributed by atoms with Crippen molar-refractivity contribution in [2.24, 2.45) is 0 Å². The maximum atomic E-state index is 12.5. The van der Waals surface area contributed by atoms with Crippen LogP contribution in [0.5, 0.6) is 0 Å². The predicted molar refractivity (Wildman–Crippen MR) is 63.4 cm³/mol. The third kappa shape index (κ3) is 6.71. The molecule has 0 aliphatic carbocycles. The molecule has 0 rings (SSSR count). The molecule has 0 heterocycles. The Balaban J connectivity index is 4.91. The molecule has 0 N–H and O–H groups in total. The van der Waals surface area contributed by atoms with Crippen LogP contribution in [0.3, 0.4) is 0 Å². The molecule has 108 valence electrons. The van der Waals surface area contributed by atoms with Crippen molar-refractivity contribution in [1.82, 2.24) is 4.90 Å². The van der Waals surface area contributed by atoms with E-state index in [1.165, 1.54) is 0 Å². The van der Waals surface area contributed by atoms with Crippen LogP contribution >= 0.6 is 0 Å². The summed E-state index contributed by atoms with van der Waals surface area (Å²) in [5, 5.41) is 0. The van der Waals surface area contributed by atoms with Crippen LogP contribution in [-0.2, 0) is 4.74 Å². The summed E-state index contributed by atoms with van der Waals surface area (Å²) in [5.74, 6) is 0. The molecule has 0 aliphatic rings. The molecule has 1 amide bonds. The second-order valence-corrected chi connectivity index (χ2v) is 5.19. The maximum Gasteiger partial charge on any atom is 0.410 e. The van der Waals surface area contributed by atoms with Gasteiger partial charge < -0.3 is 4.74 Å². The molecule has 0 unspecified atom stereocenters. The second kappa shape index (κ2) is 6.29. The molecule has 0 fully saturated rings. The monoisotopic (exact) mass is 269 g/mol. The molecule has 0 aromatic rings. The Hall–Kier alpha value is -0.940. The van der Waals surface area contributed by atoms with Gasteiger partial charge >= 0.3 is 12.3 Å². The molecule has 0 spiro atoms. The maximum absolute atomic E-state index is 12.5. The van der Waals surface area contributed by atoms with Crippen molar-refractivity contribution < 1.29 is 22.7 Å². The fraction of sp³-hybridized carbons (Fsp3) is 0.917. The topological polar surface area (TPSA) is 29.5 Å². The Morgan fingerprint density at radius 1 is 1.17 bits per heavy atom. The molecule has 18 heavy (non-hydrogen) atoms. The quantitative estimate of drug-likeness (QED) is 0.772. The van der Waals surface area contributed by atoms with E-state index in [1.807, 2.05) is 0 Å². The average molecular weight is 269 g/mol. The van der Waals surface area contributed by atoms with Crippen LogP contribution in [0, 0.1) is 0 Å². The van der Waals surface area contributed by atoms with Crippen molar-refractivity contribution in [2.75, 3.05) is 6.54 Å². The van der Waals surface area contributed by atoms with Gasteiger partial charge in [-0.2, -0.15) is 13.2 Å². The molecule has 0 radical (unpaired) electrons. The molecule has 0 atom stereocenters. The van der Waals surface area contributed by atoms with Gasteiger partial charge in [0, 0.05) is 6.04 Å². The number of halogens is 3. The van der Waals surface area contributed by atoms with Gasteiger partial charge in [0.1, 0.15) is 12.1 Å².